The molecule has 160 valence electrons. The van der Waals surface area contributed by atoms with Crippen LogP contribution in [0.25, 0.3) is 6.08 Å². The molecule has 1 N–H and O–H groups in total. The third kappa shape index (κ3) is 5.28. The Bertz CT molecular complexity index is 1170. The molecule has 1 aromatic heterocycles. The number of amides is 2. The van der Waals surface area contributed by atoms with Crippen molar-refractivity contribution in [1.29, 1.82) is 0 Å². The highest BCUT2D eigenvalue weighted by Crippen LogP contribution is 2.29. The van der Waals surface area contributed by atoms with Gasteiger partial charge in [0.1, 0.15) is 11.5 Å². The molecular formula is C24H19FN4O2S. The van der Waals surface area contributed by atoms with Crippen molar-refractivity contribution in [2.24, 2.45) is 4.99 Å². The van der Waals surface area contributed by atoms with Gasteiger partial charge in [-0.2, -0.15) is 0 Å². The summed E-state index contributed by atoms with van der Waals surface area (Å²) in [6, 6.07) is 18.6. The molecular weight excluding hydrogens is 427 g/mol. The Morgan fingerprint density at radius 1 is 1.06 bits per heavy atom. The molecule has 0 fully saturated rings. The number of benzene rings is 2. The zero-order chi connectivity index (χ0) is 22.3. The van der Waals surface area contributed by atoms with Crippen LogP contribution in [-0.4, -0.2) is 27.7 Å². The first-order valence-electron chi connectivity index (χ1n) is 9.84. The molecule has 2 aromatic carbocycles. The van der Waals surface area contributed by atoms with E-state index >= 15 is 0 Å². The summed E-state index contributed by atoms with van der Waals surface area (Å²) in [7, 11) is 0. The molecule has 0 saturated carbocycles. The zero-order valence-corrected chi connectivity index (χ0v) is 17.8. The number of nitrogens with zero attached hydrogens (tertiary/aromatic N) is 3. The maximum atomic E-state index is 13.4. The maximum Gasteiger partial charge on any atom is 0.283 e. The van der Waals surface area contributed by atoms with Crippen molar-refractivity contribution in [3.8, 4) is 0 Å². The molecule has 6 nitrogen and oxygen atoms in total. The van der Waals surface area contributed by atoms with Crippen molar-refractivity contribution in [2.75, 3.05) is 10.7 Å². The van der Waals surface area contributed by atoms with Crippen LogP contribution in [0.1, 0.15) is 11.1 Å². The van der Waals surface area contributed by atoms with Crippen molar-refractivity contribution in [2.45, 2.75) is 6.54 Å². The minimum Gasteiger partial charge on any atom is -0.351 e. The van der Waals surface area contributed by atoms with Crippen LogP contribution in [0.3, 0.4) is 0 Å². The lowest BCUT2D eigenvalue weighted by Gasteiger charge is -2.17. The van der Waals surface area contributed by atoms with Crippen molar-refractivity contribution >= 4 is 40.5 Å². The van der Waals surface area contributed by atoms with Gasteiger partial charge in [-0.1, -0.05) is 48.2 Å². The Morgan fingerprint density at radius 3 is 2.56 bits per heavy atom. The summed E-state index contributed by atoms with van der Waals surface area (Å²) in [5, 5.41) is 3.19. The van der Waals surface area contributed by atoms with Crippen LogP contribution >= 0.6 is 11.8 Å². The number of pyridine rings is 1. The van der Waals surface area contributed by atoms with Gasteiger partial charge in [0, 0.05) is 18.9 Å². The molecule has 0 spiro atoms. The number of aromatic nitrogens is 1. The average Bonchev–Trinajstić information content (AvgIpc) is 3.13. The van der Waals surface area contributed by atoms with Crippen molar-refractivity contribution in [1.82, 2.24) is 10.3 Å². The highest BCUT2D eigenvalue weighted by Gasteiger charge is 2.32. The second-order valence-corrected chi connectivity index (χ2v) is 7.82. The van der Waals surface area contributed by atoms with Gasteiger partial charge in [-0.25, -0.2) is 9.38 Å². The summed E-state index contributed by atoms with van der Waals surface area (Å²) in [5.41, 5.74) is 2.45. The smallest absolute Gasteiger partial charge is 0.283 e. The van der Waals surface area contributed by atoms with Crippen LogP contribution < -0.4 is 10.2 Å². The topological polar surface area (TPSA) is 74.7 Å². The largest absolute Gasteiger partial charge is 0.351 e. The lowest BCUT2D eigenvalue weighted by Crippen LogP contribution is -2.32. The highest BCUT2D eigenvalue weighted by atomic mass is 32.2. The van der Waals surface area contributed by atoms with Gasteiger partial charge in [0.2, 0.25) is 5.91 Å². The standard InChI is InChI=1S/C24H19FN4O2S/c25-19-8-10-20(11-9-19)29-23(31)21(13-17-5-2-1-3-6-17)28-24(29)32-16-22(30)27-15-18-7-4-12-26-14-18/h1-14H,15-16H2,(H,27,30). The van der Waals surface area contributed by atoms with Gasteiger partial charge in [0.05, 0.1) is 11.4 Å². The second kappa shape index (κ2) is 10.0. The number of amidine groups is 1. The van der Waals surface area contributed by atoms with Crippen LogP contribution in [0.5, 0.6) is 0 Å². The Kier molecular flexibility index (Phi) is 6.72. The summed E-state index contributed by atoms with van der Waals surface area (Å²) in [6.07, 6.45) is 5.04. The van der Waals surface area contributed by atoms with Crippen LogP contribution in [0, 0.1) is 5.82 Å². The van der Waals surface area contributed by atoms with E-state index in [1.807, 2.05) is 36.4 Å². The first-order chi connectivity index (χ1) is 15.6. The third-order valence-electron chi connectivity index (χ3n) is 4.56. The fraction of sp³-hybridized carbons (Fsp3) is 0.0833. The van der Waals surface area contributed by atoms with Gasteiger partial charge in [-0.05, 0) is 47.5 Å². The Hall–Kier alpha value is -3.78. The highest BCUT2D eigenvalue weighted by molar-refractivity contribution is 8.14. The number of carbonyl (C=O) groups excluding carboxylic acids is 2. The van der Waals surface area contributed by atoms with Crippen LogP contribution in [-0.2, 0) is 16.1 Å². The number of carbonyl (C=O) groups is 2. The Morgan fingerprint density at radius 2 is 1.84 bits per heavy atom. The quantitative estimate of drug-likeness (QED) is 0.581. The summed E-state index contributed by atoms with van der Waals surface area (Å²) in [6.45, 7) is 0.361. The van der Waals surface area contributed by atoms with Crippen molar-refractivity contribution < 1.29 is 14.0 Å². The van der Waals surface area contributed by atoms with E-state index in [1.54, 1.807) is 24.5 Å². The van der Waals surface area contributed by atoms with Gasteiger partial charge in [-0.15, -0.1) is 0 Å². The third-order valence-corrected chi connectivity index (χ3v) is 5.50. The molecule has 0 saturated heterocycles. The molecule has 4 rings (SSSR count). The lowest BCUT2D eigenvalue weighted by atomic mass is 10.2. The van der Waals surface area contributed by atoms with E-state index in [-0.39, 0.29) is 23.3 Å². The van der Waals surface area contributed by atoms with Gasteiger partial charge < -0.3 is 5.32 Å². The monoisotopic (exact) mass is 446 g/mol. The van der Waals surface area contributed by atoms with Crippen LogP contribution in [0.15, 0.2) is 89.8 Å². The van der Waals surface area contributed by atoms with Gasteiger partial charge in [0.15, 0.2) is 5.17 Å². The van der Waals surface area contributed by atoms with Gasteiger partial charge >= 0.3 is 0 Å². The predicted octanol–water partition coefficient (Wildman–Crippen LogP) is 4.01. The number of hydrogen-bond acceptors (Lipinski definition) is 5. The second-order valence-electron chi connectivity index (χ2n) is 6.88. The van der Waals surface area contributed by atoms with Crippen molar-refractivity contribution in [3.05, 3.63) is 102 Å². The van der Waals surface area contributed by atoms with E-state index in [1.165, 1.54) is 29.2 Å². The normalized spacial score (nSPS) is 14.5. The number of aliphatic imine (C=N–C) groups is 1. The summed E-state index contributed by atoms with van der Waals surface area (Å²) in [5.74, 6) is -0.864. The number of nitrogens with one attached hydrogen (secondary N) is 1. The minimum atomic E-state index is -0.402. The minimum absolute atomic E-state index is 0.0721. The number of anilines is 1. The Labute approximate surface area is 188 Å². The molecule has 0 aliphatic carbocycles. The number of thioether (sulfide) groups is 1. The molecule has 2 amide bonds. The number of hydrogen-bond donors (Lipinski definition) is 1. The lowest BCUT2D eigenvalue weighted by molar-refractivity contribution is -0.118. The molecule has 0 atom stereocenters. The molecule has 0 unspecified atom stereocenters. The Balaban J connectivity index is 1.51. The predicted molar refractivity (Wildman–Crippen MR) is 124 cm³/mol. The maximum absolute atomic E-state index is 13.4. The molecule has 8 heteroatoms. The van der Waals surface area contributed by atoms with Gasteiger partial charge in [-0.3, -0.25) is 19.5 Å². The first kappa shape index (κ1) is 21.5. The van der Waals surface area contributed by atoms with E-state index < -0.39 is 5.82 Å². The first-order valence-corrected chi connectivity index (χ1v) is 10.8. The number of halogens is 1. The van der Waals surface area contributed by atoms with E-state index in [9.17, 15) is 14.0 Å². The molecule has 3 aromatic rings. The summed E-state index contributed by atoms with van der Waals surface area (Å²) < 4.78 is 13.4. The van der Waals surface area contributed by atoms with Crippen molar-refractivity contribution in [3.63, 3.8) is 0 Å². The van der Waals surface area contributed by atoms with E-state index in [0.717, 1.165) is 22.9 Å². The van der Waals surface area contributed by atoms with Gasteiger partial charge in [0.25, 0.3) is 5.91 Å². The molecule has 1 aliphatic heterocycles. The molecule has 32 heavy (non-hydrogen) atoms. The fourth-order valence-corrected chi connectivity index (χ4v) is 3.85. The van der Waals surface area contributed by atoms with E-state index in [0.29, 0.717) is 17.4 Å². The zero-order valence-electron chi connectivity index (χ0n) is 16.9. The molecule has 0 bridgehead atoms. The number of rotatable bonds is 6. The fourth-order valence-electron chi connectivity index (χ4n) is 3.00. The van der Waals surface area contributed by atoms with Crippen LogP contribution in [0.4, 0.5) is 10.1 Å². The molecule has 0 radical (unpaired) electrons. The summed E-state index contributed by atoms with van der Waals surface area (Å²) >= 11 is 1.15. The molecule has 2 heterocycles. The van der Waals surface area contributed by atoms with E-state index in [4.69, 9.17) is 0 Å². The van der Waals surface area contributed by atoms with Crippen LogP contribution in [0.2, 0.25) is 0 Å². The average molecular weight is 447 g/mol. The SMILES string of the molecule is O=C(CSC1=NC(=Cc2ccccc2)C(=O)N1c1ccc(F)cc1)NCc1cccnc1. The van der Waals surface area contributed by atoms with E-state index in [2.05, 4.69) is 15.3 Å². The molecule has 1 aliphatic rings. The summed E-state index contributed by atoms with van der Waals surface area (Å²) in [4.78, 5) is 35.3.